The molecule has 8 nitrogen and oxygen atoms in total. The molecule has 1 aromatic rings. The van der Waals surface area contributed by atoms with Gasteiger partial charge in [-0.1, -0.05) is 0 Å². The normalized spacial score (nSPS) is 14.1. The van der Waals surface area contributed by atoms with Crippen LogP contribution in [-0.4, -0.2) is 54.0 Å². The summed E-state index contributed by atoms with van der Waals surface area (Å²) in [5.74, 6) is -4.97. The number of rotatable bonds is 7. The summed E-state index contributed by atoms with van der Waals surface area (Å²) >= 11 is 0. The van der Waals surface area contributed by atoms with Crippen LogP contribution in [0.5, 0.6) is 0 Å². The Hall–Kier alpha value is -3.05. The molecule has 0 bridgehead atoms. The SMILES string of the molecule is COC(=O)C1=C(OC)CC(C(=O)NCc2c(F)cc(F)cc2F)=CN1CC(O)O. The first-order valence-electron chi connectivity index (χ1n) is 8.28. The molecule has 3 N–H and O–H groups in total. The maximum absolute atomic E-state index is 13.7. The van der Waals surface area contributed by atoms with Crippen molar-refractivity contribution >= 4 is 11.9 Å². The second kappa shape index (κ2) is 9.43. The highest BCUT2D eigenvalue weighted by Gasteiger charge is 2.31. The number of ether oxygens (including phenoxy) is 2. The molecule has 29 heavy (non-hydrogen) atoms. The summed E-state index contributed by atoms with van der Waals surface area (Å²) in [7, 11) is 2.36. The number of aliphatic hydroxyl groups is 2. The lowest BCUT2D eigenvalue weighted by Crippen LogP contribution is -2.37. The van der Waals surface area contributed by atoms with E-state index in [1.165, 1.54) is 13.3 Å². The third kappa shape index (κ3) is 5.27. The number of methoxy groups -OCH3 is 2. The summed E-state index contributed by atoms with van der Waals surface area (Å²) in [6.45, 7) is -1.04. The summed E-state index contributed by atoms with van der Waals surface area (Å²) in [6, 6.07) is 0.979. The molecule has 0 saturated heterocycles. The van der Waals surface area contributed by atoms with Crippen molar-refractivity contribution in [3.63, 3.8) is 0 Å². The minimum Gasteiger partial charge on any atom is -0.498 e. The third-order valence-electron chi connectivity index (χ3n) is 4.02. The van der Waals surface area contributed by atoms with Crippen LogP contribution in [-0.2, 0) is 25.6 Å². The van der Waals surface area contributed by atoms with E-state index in [0.29, 0.717) is 12.1 Å². The molecule has 0 aliphatic carbocycles. The number of nitrogens with zero attached hydrogens (tertiary/aromatic N) is 1. The molecule has 1 aliphatic heterocycles. The molecule has 0 aromatic heterocycles. The lowest BCUT2D eigenvalue weighted by Gasteiger charge is -2.29. The smallest absolute Gasteiger partial charge is 0.358 e. The van der Waals surface area contributed by atoms with Gasteiger partial charge < -0.3 is 29.9 Å². The maximum atomic E-state index is 13.7. The summed E-state index contributed by atoms with van der Waals surface area (Å²) in [5, 5.41) is 20.8. The van der Waals surface area contributed by atoms with Gasteiger partial charge in [-0.3, -0.25) is 4.79 Å². The Morgan fingerprint density at radius 2 is 1.83 bits per heavy atom. The molecule has 0 atom stereocenters. The Kier molecular flexibility index (Phi) is 7.23. The van der Waals surface area contributed by atoms with Crippen LogP contribution in [0.2, 0.25) is 0 Å². The van der Waals surface area contributed by atoms with Crippen LogP contribution < -0.4 is 5.32 Å². The van der Waals surface area contributed by atoms with E-state index < -0.39 is 54.3 Å². The Labute approximate surface area is 163 Å². The van der Waals surface area contributed by atoms with Crippen molar-refractivity contribution in [3.8, 4) is 0 Å². The van der Waals surface area contributed by atoms with E-state index in [9.17, 15) is 33.0 Å². The fourth-order valence-corrected chi connectivity index (χ4v) is 2.69. The van der Waals surface area contributed by atoms with Crippen LogP contribution in [0.4, 0.5) is 13.2 Å². The van der Waals surface area contributed by atoms with E-state index in [1.54, 1.807) is 0 Å². The Morgan fingerprint density at radius 1 is 1.21 bits per heavy atom. The number of aliphatic hydroxyl groups excluding tert-OH is 1. The van der Waals surface area contributed by atoms with E-state index in [2.05, 4.69) is 10.1 Å². The van der Waals surface area contributed by atoms with Crippen LogP contribution in [0, 0.1) is 17.5 Å². The third-order valence-corrected chi connectivity index (χ3v) is 4.02. The highest BCUT2D eigenvalue weighted by molar-refractivity contribution is 5.96. The van der Waals surface area contributed by atoms with Crippen molar-refractivity contribution in [3.05, 3.63) is 58.4 Å². The van der Waals surface area contributed by atoms with E-state index in [1.807, 2.05) is 0 Å². The zero-order valence-corrected chi connectivity index (χ0v) is 15.5. The summed E-state index contributed by atoms with van der Waals surface area (Å²) in [4.78, 5) is 25.5. The van der Waals surface area contributed by atoms with Gasteiger partial charge in [0.05, 0.1) is 20.8 Å². The maximum Gasteiger partial charge on any atom is 0.358 e. The van der Waals surface area contributed by atoms with Gasteiger partial charge in [0, 0.05) is 42.4 Å². The summed E-state index contributed by atoms with van der Waals surface area (Å²) < 4.78 is 50.2. The number of β-amino-alcohol motifs (C(OH)–C–C–N with tert-alkyl or cyclic N) is 2. The Balaban J connectivity index is 2.24. The van der Waals surface area contributed by atoms with Gasteiger partial charge in [-0.2, -0.15) is 0 Å². The fourth-order valence-electron chi connectivity index (χ4n) is 2.69. The Bertz CT molecular complexity index is 846. The topological polar surface area (TPSA) is 108 Å². The van der Waals surface area contributed by atoms with Gasteiger partial charge >= 0.3 is 5.97 Å². The quantitative estimate of drug-likeness (QED) is 0.443. The van der Waals surface area contributed by atoms with Crippen molar-refractivity contribution < 1.29 is 42.4 Å². The minimum atomic E-state index is -1.85. The molecule has 2 rings (SSSR count). The monoisotopic (exact) mass is 416 g/mol. The molecular weight excluding hydrogens is 397 g/mol. The van der Waals surface area contributed by atoms with Crippen molar-refractivity contribution in [2.75, 3.05) is 20.8 Å². The highest BCUT2D eigenvalue weighted by atomic mass is 19.1. The first-order valence-corrected chi connectivity index (χ1v) is 8.28. The standard InChI is InChI=1S/C18H19F3N2O6/c1-28-14-3-9(7-23(8-15(24)25)16(14)18(27)29-2)17(26)22-6-11-12(20)4-10(19)5-13(11)21/h4-5,7,15,24-25H,3,6,8H2,1-2H3,(H,22,26). The molecule has 1 heterocycles. The van der Waals surface area contributed by atoms with Gasteiger partial charge in [-0.15, -0.1) is 0 Å². The molecule has 0 radical (unpaired) electrons. The summed E-state index contributed by atoms with van der Waals surface area (Å²) in [5.41, 5.74) is -0.648. The van der Waals surface area contributed by atoms with Crippen molar-refractivity contribution in [2.45, 2.75) is 19.3 Å². The van der Waals surface area contributed by atoms with E-state index >= 15 is 0 Å². The van der Waals surface area contributed by atoms with Gasteiger partial charge in [-0.05, 0) is 0 Å². The van der Waals surface area contributed by atoms with Crippen LogP contribution in [0.25, 0.3) is 0 Å². The average Bonchev–Trinajstić information content (AvgIpc) is 2.65. The number of carbonyl (C=O) groups excluding carboxylic acids is 2. The average molecular weight is 416 g/mol. The molecular formula is C18H19F3N2O6. The molecule has 0 fully saturated rings. The Morgan fingerprint density at radius 3 is 2.34 bits per heavy atom. The predicted molar refractivity (Wildman–Crippen MR) is 91.8 cm³/mol. The van der Waals surface area contributed by atoms with Crippen molar-refractivity contribution in [2.24, 2.45) is 0 Å². The number of hydrogen-bond donors (Lipinski definition) is 3. The van der Waals surface area contributed by atoms with Crippen molar-refractivity contribution in [1.82, 2.24) is 10.2 Å². The zero-order chi connectivity index (χ0) is 21.7. The molecule has 0 spiro atoms. The van der Waals surface area contributed by atoms with Gasteiger partial charge in [-0.25, -0.2) is 18.0 Å². The number of hydrogen-bond acceptors (Lipinski definition) is 7. The molecule has 1 aliphatic rings. The fraction of sp³-hybridized carbons (Fsp3) is 0.333. The number of carbonyl (C=O) groups is 2. The van der Waals surface area contributed by atoms with Gasteiger partial charge in [0.1, 0.15) is 23.2 Å². The van der Waals surface area contributed by atoms with E-state index in [-0.39, 0.29) is 23.5 Å². The highest BCUT2D eigenvalue weighted by Crippen LogP contribution is 2.27. The largest absolute Gasteiger partial charge is 0.498 e. The zero-order valence-electron chi connectivity index (χ0n) is 15.5. The number of nitrogens with one attached hydrogen (secondary N) is 1. The number of amides is 1. The lowest BCUT2D eigenvalue weighted by molar-refractivity contribution is -0.138. The number of allylic oxidation sites excluding steroid dienone is 1. The molecule has 0 saturated carbocycles. The molecule has 0 unspecified atom stereocenters. The van der Waals surface area contributed by atoms with Crippen LogP contribution in [0.3, 0.4) is 0 Å². The number of esters is 1. The van der Waals surface area contributed by atoms with Crippen molar-refractivity contribution in [1.29, 1.82) is 0 Å². The van der Waals surface area contributed by atoms with E-state index in [0.717, 1.165) is 12.0 Å². The van der Waals surface area contributed by atoms with Gasteiger partial charge in [0.25, 0.3) is 0 Å². The predicted octanol–water partition coefficient (Wildman–Crippen LogP) is 0.651. The summed E-state index contributed by atoms with van der Waals surface area (Å²) in [6.07, 6.45) is -0.853. The second-order valence-corrected chi connectivity index (χ2v) is 5.96. The molecule has 1 amide bonds. The van der Waals surface area contributed by atoms with E-state index in [4.69, 9.17) is 4.74 Å². The van der Waals surface area contributed by atoms with Gasteiger partial charge in [0.2, 0.25) is 5.91 Å². The van der Waals surface area contributed by atoms with Crippen LogP contribution in [0.15, 0.2) is 35.4 Å². The van der Waals surface area contributed by atoms with Crippen LogP contribution >= 0.6 is 0 Å². The minimum absolute atomic E-state index is 0.0121. The van der Waals surface area contributed by atoms with Crippen LogP contribution in [0.1, 0.15) is 12.0 Å². The number of benzene rings is 1. The molecule has 11 heteroatoms. The van der Waals surface area contributed by atoms with Gasteiger partial charge in [0.15, 0.2) is 12.0 Å². The lowest BCUT2D eigenvalue weighted by atomic mass is 10.1. The molecule has 158 valence electrons. The molecule has 1 aromatic carbocycles. The number of halogens is 3. The first kappa shape index (κ1) is 22.2. The second-order valence-electron chi connectivity index (χ2n) is 5.96. The first-order chi connectivity index (χ1) is 13.7.